The number of hydrogen-bond donors (Lipinski definition) is 1. The predicted molar refractivity (Wildman–Crippen MR) is 118 cm³/mol. The summed E-state index contributed by atoms with van der Waals surface area (Å²) in [6, 6.07) is 21.5. The highest BCUT2D eigenvalue weighted by molar-refractivity contribution is 7.19. The highest BCUT2D eigenvalue weighted by Gasteiger charge is 2.16. The van der Waals surface area contributed by atoms with Gasteiger partial charge in [0.15, 0.2) is 0 Å². The minimum absolute atomic E-state index is 0.207. The Morgan fingerprint density at radius 1 is 0.692 bits per heavy atom. The van der Waals surface area contributed by atoms with Crippen molar-refractivity contribution in [2.45, 2.75) is 52.4 Å². The number of aromatic amines is 1. The Bertz CT molecular complexity index is 856. The van der Waals surface area contributed by atoms with Crippen LogP contribution in [0.5, 0.6) is 0 Å². The number of thiophene rings is 1. The van der Waals surface area contributed by atoms with Crippen LogP contribution in [0.1, 0.15) is 52.1 Å². The van der Waals surface area contributed by atoms with E-state index in [4.69, 9.17) is 0 Å². The molecule has 4 aromatic rings. The number of nitrogens with one attached hydrogen (secondary N) is 1. The second-order valence-corrected chi connectivity index (χ2v) is 10.0. The van der Waals surface area contributed by atoms with E-state index in [1.54, 1.807) is 0 Å². The summed E-state index contributed by atoms with van der Waals surface area (Å²) in [7, 11) is 0. The molecule has 0 unspecified atom stereocenters. The maximum absolute atomic E-state index is 3.44. The lowest BCUT2D eigenvalue weighted by molar-refractivity contribution is 0.574. The number of hydrogen-bond acceptors (Lipinski definition) is 1. The number of fused-ring (bicyclic) bond motifs is 2. The van der Waals surface area contributed by atoms with Gasteiger partial charge in [0, 0.05) is 26.2 Å². The third-order valence-corrected chi connectivity index (χ3v) is 6.04. The van der Waals surface area contributed by atoms with E-state index in [-0.39, 0.29) is 10.8 Å². The molecule has 26 heavy (non-hydrogen) atoms. The van der Waals surface area contributed by atoms with E-state index in [0.29, 0.717) is 0 Å². The molecule has 0 spiro atoms. The van der Waals surface area contributed by atoms with Crippen LogP contribution >= 0.6 is 11.3 Å². The van der Waals surface area contributed by atoms with Crippen molar-refractivity contribution >= 4 is 32.3 Å². The molecule has 1 nitrogen and oxygen atoms in total. The van der Waals surface area contributed by atoms with Crippen LogP contribution in [0.4, 0.5) is 0 Å². The summed E-state index contributed by atoms with van der Waals surface area (Å²) in [6.07, 6.45) is 0. The number of para-hydroxylation sites is 1. The van der Waals surface area contributed by atoms with E-state index in [1.165, 1.54) is 31.6 Å². The SMILES string of the molecule is CC(C)(C)c1cc2ccccc2[nH]1.CC(C)(C)c1cc2ccccc2s1. The van der Waals surface area contributed by atoms with E-state index in [2.05, 4.69) is 107 Å². The Hall–Kier alpha value is -2.06. The van der Waals surface area contributed by atoms with E-state index < -0.39 is 0 Å². The Labute approximate surface area is 161 Å². The molecule has 0 radical (unpaired) electrons. The third-order valence-electron chi connectivity index (χ3n) is 4.50. The van der Waals surface area contributed by atoms with Gasteiger partial charge in [-0.3, -0.25) is 0 Å². The summed E-state index contributed by atoms with van der Waals surface area (Å²) < 4.78 is 1.40. The lowest BCUT2D eigenvalue weighted by Gasteiger charge is -2.15. The van der Waals surface area contributed by atoms with Gasteiger partial charge < -0.3 is 4.98 Å². The number of rotatable bonds is 0. The molecule has 2 aromatic carbocycles. The molecule has 0 fully saturated rings. The van der Waals surface area contributed by atoms with Gasteiger partial charge in [-0.2, -0.15) is 0 Å². The highest BCUT2D eigenvalue weighted by Crippen LogP contribution is 2.33. The average molecular weight is 364 g/mol. The summed E-state index contributed by atoms with van der Waals surface area (Å²) in [5, 5.41) is 2.67. The fraction of sp³-hybridized carbons (Fsp3) is 0.333. The molecule has 0 atom stereocenters. The number of H-pyrrole nitrogens is 1. The highest BCUT2D eigenvalue weighted by atomic mass is 32.1. The Kier molecular flexibility index (Phi) is 4.98. The topological polar surface area (TPSA) is 15.8 Å². The average Bonchev–Trinajstić information content (AvgIpc) is 3.19. The molecular weight excluding hydrogens is 334 g/mol. The van der Waals surface area contributed by atoms with Crippen LogP contribution in [-0.4, -0.2) is 4.98 Å². The predicted octanol–water partition coefficient (Wildman–Crippen LogP) is 7.66. The van der Waals surface area contributed by atoms with Crippen LogP contribution in [0.15, 0.2) is 60.7 Å². The van der Waals surface area contributed by atoms with Gasteiger partial charge in [0.25, 0.3) is 0 Å². The van der Waals surface area contributed by atoms with Crippen molar-refractivity contribution in [3.63, 3.8) is 0 Å². The molecule has 2 aromatic heterocycles. The first-order valence-electron chi connectivity index (χ1n) is 9.22. The summed E-state index contributed by atoms with van der Waals surface area (Å²) in [4.78, 5) is 4.90. The lowest BCUT2D eigenvalue weighted by atomic mass is 9.92. The van der Waals surface area contributed by atoms with Gasteiger partial charge >= 0.3 is 0 Å². The maximum atomic E-state index is 3.44. The van der Waals surface area contributed by atoms with Crippen molar-refractivity contribution in [3.05, 3.63) is 71.2 Å². The zero-order valence-corrected chi connectivity index (χ0v) is 17.5. The van der Waals surface area contributed by atoms with Crippen LogP contribution in [0.2, 0.25) is 0 Å². The molecule has 0 saturated heterocycles. The van der Waals surface area contributed by atoms with Crippen LogP contribution in [0.25, 0.3) is 21.0 Å². The molecule has 2 heterocycles. The molecular formula is C24H29NS. The normalized spacial score (nSPS) is 12.2. The smallest absolute Gasteiger partial charge is 0.0456 e. The van der Waals surface area contributed by atoms with E-state index in [9.17, 15) is 0 Å². The van der Waals surface area contributed by atoms with Gasteiger partial charge in [-0.1, -0.05) is 77.9 Å². The second-order valence-electron chi connectivity index (χ2n) is 8.92. The van der Waals surface area contributed by atoms with Gasteiger partial charge in [-0.15, -0.1) is 11.3 Å². The Balaban J connectivity index is 0.000000151. The van der Waals surface area contributed by atoms with Gasteiger partial charge in [-0.25, -0.2) is 0 Å². The maximum Gasteiger partial charge on any atom is 0.0456 e. The minimum atomic E-state index is 0.207. The molecule has 0 amide bonds. The van der Waals surface area contributed by atoms with Crippen molar-refractivity contribution in [2.24, 2.45) is 0 Å². The van der Waals surface area contributed by atoms with Crippen molar-refractivity contribution in [1.29, 1.82) is 0 Å². The summed E-state index contributed by atoms with van der Waals surface area (Å²) >= 11 is 1.90. The second kappa shape index (κ2) is 6.92. The Morgan fingerprint density at radius 3 is 1.88 bits per heavy atom. The number of aromatic nitrogens is 1. The molecule has 0 aliphatic heterocycles. The molecule has 2 heteroatoms. The molecule has 0 aliphatic rings. The molecule has 4 rings (SSSR count). The molecule has 0 saturated carbocycles. The molecule has 0 bridgehead atoms. The summed E-state index contributed by atoms with van der Waals surface area (Å²) in [6.45, 7) is 13.4. The van der Waals surface area contributed by atoms with Gasteiger partial charge in [0.2, 0.25) is 0 Å². The molecule has 0 aliphatic carbocycles. The third kappa shape index (κ3) is 4.19. The zero-order valence-electron chi connectivity index (χ0n) is 16.7. The van der Waals surface area contributed by atoms with Crippen LogP contribution in [-0.2, 0) is 10.8 Å². The first-order chi connectivity index (χ1) is 12.1. The van der Waals surface area contributed by atoms with E-state index >= 15 is 0 Å². The first kappa shape index (κ1) is 18.7. The fourth-order valence-electron chi connectivity index (χ4n) is 2.83. The van der Waals surface area contributed by atoms with E-state index in [0.717, 1.165) is 0 Å². The van der Waals surface area contributed by atoms with Crippen LogP contribution in [0, 0.1) is 0 Å². The van der Waals surface area contributed by atoms with Crippen LogP contribution < -0.4 is 0 Å². The van der Waals surface area contributed by atoms with E-state index in [1.807, 2.05) is 11.3 Å². The largest absolute Gasteiger partial charge is 0.358 e. The van der Waals surface area contributed by atoms with Gasteiger partial charge in [0.05, 0.1) is 0 Å². The summed E-state index contributed by atoms with van der Waals surface area (Å²) in [5.74, 6) is 0. The first-order valence-corrected chi connectivity index (χ1v) is 10.0. The molecule has 136 valence electrons. The Morgan fingerprint density at radius 2 is 1.31 bits per heavy atom. The van der Waals surface area contributed by atoms with Gasteiger partial charge in [-0.05, 0) is 40.5 Å². The van der Waals surface area contributed by atoms with Crippen molar-refractivity contribution in [1.82, 2.24) is 4.98 Å². The minimum Gasteiger partial charge on any atom is -0.358 e. The van der Waals surface area contributed by atoms with Crippen molar-refractivity contribution in [3.8, 4) is 0 Å². The summed E-state index contributed by atoms with van der Waals surface area (Å²) in [5.41, 5.74) is 3.02. The number of benzene rings is 2. The quantitative estimate of drug-likeness (QED) is 0.330. The molecule has 1 N–H and O–H groups in total. The zero-order chi connectivity index (χ0) is 18.9. The van der Waals surface area contributed by atoms with Gasteiger partial charge in [0.1, 0.15) is 0 Å². The lowest BCUT2D eigenvalue weighted by Crippen LogP contribution is -2.10. The standard InChI is InChI=1S/C12H15N.C12H14S/c2*1-12(2,3)11-8-9-6-4-5-7-10(9)13-11/h4-8,13H,1-3H3;4-8H,1-3H3. The van der Waals surface area contributed by atoms with Crippen molar-refractivity contribution < 1.29 is 0 Å². The van der Waals surface area contributed by atoms with Crippen LogP contribution in [0.3, 0.4) is 0 Å². The monoisotopic (exact) mass is 363 g/mol. The van der Waals surface area contributed by atoms with Crippen molar-refractivity contribution in [2.75, 3.05) is 0 Å². The fourth-order valence-corrected chi connectivity index (χ4v) is 3.95.